The van der Waals surface area contributed by atoms with Gasteiger partial charge in [-0.3, -0.25) is 4.79 Å². The van der Waals surface area contributed by atoms with Crippen LogP contribution in [0, 0.1) is 0 Å². The summed E-state index contributed by atoms with van der Waals surface area (Å²) in [6, 6.07) is 9.21. The fraction of sp³-hybridized carbons (Fsp3) is 0.708. The molecular formula is C24H37N3O2. The quantitative estimate of drug-likeness (QED) is 0.621. The number of amides is 1. The number of benzene rings is 1. The molecule has 0 N–H and O–H groups in total. The van der Waals surface area contributed by atoms with E-state index >= 15 is 0 Å². The molecule has 1 amide bonds. The van der Waals surface area contributed by atoms with Crippen LogP contribution in [0.2, 0.25) is 0 Å². The number of nitrogens with zero attached hydrogens (tertiary/aromatic N) is 3. The second-order valence-electron chi connectivity index (χ2n) is 9.04. The molecule has 1 aromatic carbocycles. The summed E-state index contributed by atoms with van der Waals surface area (Å²) in [4.78, 5) is 19.7. The number of carbonyl (C=O) groups excluding carboxylic acids is 1. The maximum atomic E-state index is 12.5. The van der Waals surface area contributed by atoms with Crippen LogP contribution in [0.4, 0.5) is 5.69 Å². The average Bonchev–Trinajstić information content (AvgIpc) is 3.32. The van der Waals surface area contributed by atoms with Gasteiger partial charge in [-0.25, -0.2) is 0 Å². The highest BCUT2D eigenvalue weighted by molar-refractivity contribution is 5.96. The summed E-state index contributed by atoms with van der Waals surface area (Å²) in [6.07, 6.45) is 9.31. The minimum atomic E-state index is 0.264. The summed E-state index contributed by atoms with van der Waals surface area (Å²) in [6.45, 7) is 8.81. The maximum absolute atomic E-state index is 12.5. The summed E-state index contributed by atoms with van der Waals surface area (Å²) < 4.78 is 5.96. The van der Waals surface area contributed by atoms with Gasteiger partial charge in [-0.1, -0.05) is 6.42 Å². The number of hydrogen-bond donors (Lipinski definition) is 0. The fourth-order valence-corrected chi connectivity index (χ4v) is 5.20. The Bertz CT molecular complexity index is 657. The first kappa shape index (κ1) is 20.7. The molecule has 0 saturated carbocycles. The molecule has 0 aromatic heterocycles. The van der Waals surface area contributed by atoms with Crippen LogP contribution in [0.1, 0.15) is 58.3 Å². The minimum absolute atomic E-state index is 0.264. The van der Waals surface area contributed by atoms with Crippen molar-refractivity contribution in [1.29, 1.82) is 0 Å². The highest BCUT2D eigenvalue weighted by Gasteiger charge is 2.33. The molecule has 1 aromatic rings. The standard InChI is InChI=1S/C24H37N3O2/c1-20-7-5-16-26(20)17-6-18-29-23-11-8-21(9-12-23)27-22(10-13-24(27)28)19-25-14-3-2-4-15-25/h8-9,11-12,20,22H,2-7,10,13-19H2,1H3/t20?,22-/m0/s1. The van der Waals surface area contributed by atoms with Crippen LogP contribution in [0.5, 0.6) is 5.75 Å². The van der Waals surface area contributed by atoms with Crippen molar-refractivity contribution in [3.63, 3.8) is 0 Å². The van der Waals surface area contributed by atoms with E-state index < -0.39 is 0 Å². The van der Waals surface area contributed by atoms with Gasteiger partial charge in [-0.05, 0) is 89.3 Å². The molecule has 1 unspecified atom stereocenters. The molecule has 2 atom stereocenters. The van der Waals surface area contributed by atoms with Crippen molar-refractivity contribution in [2.75, 3.05) is 44.2 Å². The van der Waals surface area contributed by atoms with Gasteiger partial charge in [0.15, 0.2) is 0 Å². The molecule has 3 aliphatic rings. The molecule has 0 spiro atoms. The summed E-state index contributed by atoms with van der Waals surface area (Å²) in [7, 11) is 0. The minimum Gasteiger partial charge on any atom is -0.494 e. The van der Waals surface area contributed by atoms with Crippen molar-refractivity contribution >= 4 is 11.6 Å². The van der Waals surface area contributed by atoms with Gasteiger partial charge in [0.05, 0.1) is 12.6 Å². The van der Waals surface area contributed by atoms with Gasteiger partial charge < -0.3 is 19.4 Å². The third-order valence-electron chi connectivity index (χ3n) is 6.91. The molecule has 0 bridgehead atoms. The fourth-order valence-electron chi connectivity index (χ4n) is 5.20. The van der Waals surface area contributed by atoms with Crippen molar-refractivity contribution in [3.8, 4) is 5.75 Å². The van der Waals surface area contributed by atoms with E-state index in [-0.39, 0.29) is 5.91 Å². The molecule has 0 radical (unpaired) electrons. The lowest BCUT2D eigenvalue weighted by atomic mass is 10.1. The first-order chi connectivity index (χ1) is 14.2. The van der Waals surface area contributed by atoms with Crippen molar-refractivity contribution in [3.05, 3.63) is 24.3 Å². The number of anilines is 1. The van der Waals surface area contributed by atoms with E-state index in [1.807, 2.05) is 17.0 Å². The molecule has 3 heterocycles. The smallest absolute Gasteiger partial charge is 0.227 e. The molecular weight excluding hydrogens is 362 g/mol. The van der Waals surface area contributed by atoms with Crippen molar-refractivity contribution in [2.24, 2.45) is 0 Å². The Balaban J connectivity index is 1.27. The lowest BCUT2D eigenvalue weighted by molar-refractivity contribution is -0.117. The first-order valence-electron chi connectivity index (χ1n) is 11.7. The monoisotopic (exact) mass is 399 g/mol. The molecule has 0 aliphatic carbocycles. The summed E-state index contributed by atoms with van der Waals surface area (Å²) in [5.74, 6) is 1.17. The van der Waals surface area contributed by atoms with Gasteiger partial charge in [0.2, 0.25) is 5.91 Å². The first-order valence-corrected chi connectivity index (χ1v) is 11.7. The maximum Gasteiger partial charge on any atom is 0.227 e. The van der Waals surface area contributed by atoms with Crippen LogP contribution in [-0.2, 0) is 4.79 Å². The predicted octanol–water partition coefficient (Wildman–Crippen LogP) is 3.92. The molecule has 3 fully saturated rings. The van der Waals surface area contributed by atoms with Gasteiger partial charge in [-0.15, -0.1) is 0 Å². The summed E-state index contributed by atoms with van der Waals surface area (Å²) in [5.41, 5.74) is 1.02. The van der Waals surface area contributed by atoms with Gasteiger partial charge in [-0.2, -0.15) is 0 Å². The Morgan fingerprint density at radius 2 is 1.79 bits per heavy atom. The SMILES string of the molecule is CC1CCCN1CCCOc1ccc(N2C(=O)CC[C@H]2CN2CCCCC2)cc1. The van der Waals surface area contributed by atoms with Crippen molar-refractivity contribution in [1.82, 2.24) is 9.80 Å². The van der Waals surface area contributed by atoms with Gasteiger partial charge in [0.1, 0.15) is 5.75 Å². The Morgan fingerprint density at radius 3 is 2.52 bits per heavy atom. The molecule has 4 rings (SSSR count). The van der Waals surface area contributed by atoms with Crippen LogP contribution in [0.3, 0.4) is 0 Å². The van der Waals surface area contributed by atoms with E-state index in [4.69, 9.17) is 4.74 Å². The van der Waals surface area contributed by atoms with Gasteiger partial charge >= 0.3 is 0 Å². The highest BCUT2D eigenvalue weighted by atomic mass is 16.5. The summed E-state index contributed by atoms with van der Waals surface area (Å²) >= 11 is 0. The Kier molecular flexibility index (Phi) is 7.09. The third-order valence-corrected chi connectivity index (χ3v) is 6.91. The van der Waals surface area contributed by atoms with Crippen LogP contribution in [0.25, 0.3) is 0 Å². The molecule has 3 saturated heterocycles. The predicted molar refractivity (Wildman–Crippen MR) is 118 cm³/mol. The molecule has 5 nitrogen and oxygen atoms in total. The molecule has 5 heteroatoms. The zero-order valence-corrected chi connectivity index (χ0v) is 18.0. The normalized spacial score (nSPS) is 26.4. The van der Waals surface area contributed by atoms with Crippen molar-refractivity contribution < 1.29 is 9.53 Å². The number of hydrogen-bond acceptors (Lipinski definition) is 4. The number of ether oxygens (including phenoxy) is 1. The van der Waals surface area contributed by atoms with E-state index in [1.54, 1.807) is 0 Å². The van der Waals surface area contributed by atoms with E-state index in [9.17, 15) is 4.79 Å². The topological polar surface area (TPSA) is 36.0 Å². The van der Waals surface area contributed by atoms with Crippen LogP contribution >= 0.6 is 0 Å². The van der Waals surface area contributed by atoms with Crippen LogP contribution < -0.4 is 9.64 Å². The zero-order chi connectivity index (χ0) is 20.1. The van der Waals surface area contributed by atoms with Crippen LogP contribution in [0.15, 0.2) is 24.3 Å². The van der Waals surface area contributed by atoms with Crippen molar-refractivity contribution in [2.45, 2.75) is 70.4 Å². The second kappa shape index (κ2) is 9.94. The Labute approximate surface area is 176 Å². The highest BCUT2D eigenvalue weighted by Crippen LogP contribution is 2.29. The number of rotatable bonds is 8. The number of likely N-dealkylation sites (tertiary alicyclic amines) is 2. The lowest BCUT2D eigenvalue weighted by Crippen LogP contribution is -2.43. The average molecular weight is 400 g/mol. The molecule has 160 valence electrons. The van der Waals surface area contributed by atoms with E-state index in [0.29, 0.717) is 12.5 Å². The number of carbonyl (C=O) groups is 1. The third kappa shape index (κ3) is 5.32. The van der Waals surface area contributed by atoms with E-state index in [2.05, 4.69) is 28.9 Å². The largest absolute Gasteiger partial charge is 0.494 e. The Hall–Kier alpha value is -1.59. The van der Waals surface area contributed by atoms with Gasteiger partial charge in [0, 0.05) is 31.2 Å². The number of piperidine rings is 1. The summed E-state index contributed by atoms with van der Waals surface area (Å²) in [5, 5.41) is 0. The van der Waals surface area contributed by atoms with Crippen LogP contribution in [-0.4, -0.2) is 67.1 Å². The zero-order valence-electron chi connectivity index (χ0n) is 18.0. The van der Waals surface area contributed by atoms with Gasteiger partial charge in [0.25, 0.3) is 0 Å². The van der Waals surface area contributed by atoms with E-state index in [0.717, 1.165) is 50.0 Å². The second-order valence-corrected chi connectivity index (χ2v) is 9.04. The molecule has 29 heavy (non-hydrogen) atoms. The Morgan fingerprint density at radius 1 is 1.00 bits per heavy atom. The van der Waals surface area contributed by atoms with E-state index in [1.165, 1.54) is 51.7 Å². The molecule has 3 aliphatic heterocycles. The lowest BCUT2D eigenvalue weighted by Gasteiger charge is -2.33.